The van der Waals surface area contributed by atoms with Crippen LogP contribution in [0.2, 0.25) is 0 Å². The zero-order valence-corrected chi connectivity index (χ0v) is 29.4. The molecule has 268 valence electrons. The Labute approximate surface area is 289 Å². The minimum atomic E-state index is -3.90. The van der Waals surface area contributed by atoms with Gasteiger partial charge < -0.3 is 39.1 Å². The number of nitrogens with zero attached hydrogens (tertiary/aromatic N) is 4. The number of hydrogen-bond donors (Lipinski definition) is 3. The van der Waals surface area contributed by atoms with Gasteiger partial charge in [0.05, 0.1) is 32.2 Å². The molecule has 4 aromatic rings. The quantitative estimate of drug-likeness (QED) is 0.0804. The number of carbonyl (C=O) groups excluding carboxylic acids is 3. The van der Waals surface area contributed by atoms with Crippen molar-refractivity contribution in [3.8, 4) is 5.75 Å². The molecule has 0 fully saturated rings. The Kier molecular flexibility index (Phi) is 13.3. The average Bonchev–Trinajstić information content (AvgIpc) is 3.50. The molecule has 2 heterocycles. The molecule has 0 bridgehead atoms. The Hall–Kier alpha value is -5.05. The molecule has 17 heteroatoms. The van der Waals surface area contributed by atoms with Crippen molar-refractivity contribution >= 4 is 42.5 Å². The van der Waals surface area contributed by atoms with Crippen molar-refractivity contribution in [1.82, 2.24) is 29.9 Å². The van der Waals surface area contributed by atoms with Crippen LogP contribution in [0.4, 0.5) is 10.6 Å². The van der Waals surface area contributed by atoms with E-state index in [1.807, 2.05) is 30.3 Å². The monoisotopic (exact) mass is 711 g/mol. The maximum atomic E-state index is 14.2. The Balaban J connectivity index is 1.42. The number of hydrogen-bond acceptors (Lipinski definition) is 13. The third-order valence-corrected chi connectivity index (χ3v) is 8.89. The van der Waals surface area contributed by atoms with E-state index >= 15 is 0 Å². The van der Waals surface area contributed by atoms with E-state index in [1.54, 1.807) is 55.9 Å². The number of ether oxygens (including phenoxy) is 4. The molecular formula is C33H42N7O9P. The lowest BCUT2D eigenvalue weighted by Gasteiger charge is -2.25. The summed E-state index contributed by atoms with van der Waals surface area (Å²) in [6, 6.07) is 13.5. The Morgan fingerprint density at radius 3 is 2.34 bits per heavy atom. The lowest BCUT2D eigenvalue weighted by atomic mass is 10.1. The highest BCUT2D eigenvalue weighted by atomic mass is 31.2. The van der Waals surface area contributed by atoms with Crippen LogP contribution < -0.4 is 20.7 Å². The third-order valence-electron chi connectivity index (χ3n) is 7.11. The molecule has 4 rings (SSSR count). The summed E-state index contributed by atoms with van der Waals surface area (Å²) in [5.74, 6) is -0.833. The maximum Gasteiger partial charge on any atom is 0.408 e. The number of nitrogens with one attached hydrogen (secondary N) is 2. The van der Waals surface area contributed by atoms with Crippen LogP contribution >= 0.6 is 7.52 Å². The fourth-order valence-corrected chi connectivity index (χ4v) is 6.48. The number of nitrogen functional groups attached to an aromatic ring is 1. The van der Waals surface area contributed by atoms with Crippen molar-refractivity contribution in [2.24, 2.45) is 0 Å². The summed E-state index contributed by atoms with van der Waals surface area (Å²) in [7, 11) is -2.68. The van der Waals surface area contributed by atoms with Crippen LogP contribution in [0, 0.1) is 0 Å². The molecular weight excluding hydrogens is 669 g/mol. The second kappa shape index (κ2) is 17.6. The number of anilines is 1. The summed E-state index contributed by atoms with van der Waals surface area (Å²) >= 11 is 0. The number of nitrogens with two attached hydrogens (primary N) is 1. The first-order valence-electron chi connectivity index (χ1n) is 15.8. The minimum absolute atomic E-state index is 0.0293. The number of imidazole rings is 1. The summed E-state index contributed by atoms with van der Waals surface area (Å²) in [5, 5.41) is 5.31. The fourth-order valence-electron chi connectivity index (χ4n) is 4.69. The Morgan fingerprint density at radius 2 is 1.66 bits per heavy atom. The summed E-state index contributed by atoms with van der Waals surface area (Å²) in [4.78, 5) is 50.0. The van der Waals surface area contributed by atoms with E-state index in [9.17, 15) is 18.9 Å². The average molecular weight is 712 g/mol. The molecule has 0 spiro atoms. The van der Waals surface area contributed by atoms with E-state index in [0.717, 1.165) is 5.56 Å². The summed E-state index contributed by atoms with van der Waals surface area (Å²) in [5.41, 5.74) is 8.29. The van der Waals surface area contributed by atoms with Crippen LogP contribution in [-0.2, 0) is 52.7 Å². The van der Waals surface area contributed by atoms with Gasteiger partial charge in [-0.25, -0.2) is 29.6 Å². The van der Waals surface area contributed by atoms with Crippen molar-refractivity contribution in [2.75, 3.05) is 19.2 Å². The highest BCUT2D eigenvalue weighted by molar-refractivity contribution is 7.57. The number of carbonyl (C=O) groups is 3. The smallest absolute Gasteiger partial charge is 0.408 e. The van der Waals surface area contributed by atoms with Gasteiger partial charge in [-0.3, -0.25) is 9.36 Å². The minimum Gasteiger partial charge on any atom is -0.467 e. The van der Waals surface area contributed by atoms with Gasteiger partial charge in [-0.15, -0.1) is 0 Å². The highest BCUT2D eigenvalue weighted by Gasteiger charge is 2.32. The van der Waals surface area contributed by atoms with Crippen molar-refractivity contribution in [3.05, 3.63) is 78.4 Å². The first-order chi connectivity index (χ1) is 23.9. The van der Waals surface area contributed by atoms with Crippen LogP contribution in [0.1, 0.15) is 38.8 Å². The number of aromatic nitrogens is 4. The second-order valence-corrected chi connectivity index (χ2v) is 13.7. The molecule has 0 saturated carbocycles. The molecule has 50 heavy (non-hydrogen) atoms. The largest absolute Gasteiger partial charge is 0.467 e. The third kappa shape index (κ3) is 11.0. The number of fused-ring (bicyclic) bond motifs is 1. The van der Waals surface area contributed by atoms with Gasteiger partial charge in [0, 0.05) is 6.42 Å². The summed E-state index contributed by atoms with van der Waals surface area (Å²) in [6.07, 6.45) is 0.902. The predicted molar refractivity (Wildman–Crippen MR) is 183 cm³/mol. The standard InChI is InChI=1S/C33H42N7O9P/c1-21(2)48-31(41)23(4)39-50(44,20-47-22(3)16-40-19-37-28-29(34)35-18-36-30(28)40)49-26-13-11-24(12-14-26)15-27(32(42)45-5)38-33(43)46-17-25-9-7-6-8-10-25/h6-14,18-19,21-23,27H,15-17,20H2,1-5H3,(H,38,43)(H,39,44)(H2,34,35,36)/t22-,23+,27+,50+/m1/s1. The van der Waals surface area contributed by atoms with E-state index in [0.29, 0.717) is 23.3 Å². The van der Waals surface area contributed by atoms with Gasteiger partial charge in [0.25, 0.3) is 0 Å². The van der Waals surface area contributed by atoms with E-state index in [1.165, 1.54) is 20.4 Å². The molecule has 0 aliphatic carbocycles. The number of alkyl carbamates (subject to hydrolysis) is 1. The van der Waals surface area contributed by atoms with Crippen LogP contribution in [0.3, 0.4) is 0 Å². The number of esters is 2. The van der Waals surface area contributed by atoms with Crippen LogP contribution in [0.15, 0.2) is 67.3 Å². The van der Waals surface area contributed by atoms with Gasteiger partial charge >= 0.3 is 25.6 Å². The van der Waals surface area contributed by atoms with Crippen molar-refractivity contribution in [2.45, 2.75) is 71.6 Å². The van der Waals surface area contributed by atoms with Crippen LogP contribution in [-0.4, -0.2) is 75.3 Å². The molecule has 0 saturated heterocycles. The van der Waals surface area contributed by atoms with Crippen LogP contribution in [0.25, 0.3) is 11.2 Å². The molecule has 0 aliphatic rings. The van der Waals surface area contributed by atoms with Crippen molar-refractivity contribution < 1.29 is 42.4 Å². The van der Waals surface area contributed by atoms with E-state index in [4.69, 9.17) is 29.2 Å². The van der Waals surface area contributed by atoms with Gasteiger partial charge in [0.15, 0.2) is 11.5 Å². The first kappa shape index (κ1) is 37.8. The van der Waals surface area contributed by atoms with Crippen molar-refractivity contribution in [1.29, 1.82) is 0 Å². The topological polar surface area (TPSA) is 208 Å². The molecule has 16 nitrogen and oxygen atoms in total. The lowest BCUT2D eigenvalue weighted by Crippen LogP contribution is -2.43. The highest BCUT2D eigenvalue weighted by Crippen LogP contribution is 2.44. The second-order valence-electron chi connectivity index (χ2n) is 11.7. The summed E-state index contributed by atoms with van der Waals surface area (Å²) < 4.78 is 43.2. The Morgan fingerprint density at radius 1 is 0.940 bits per heavy atom. The number of amides is 1. The molecule has 0 aliphatic heterocycles. The zero-order valence-electron chi connectivity index (χ0n) is 28.5. The predicted octanol–water partition coefficient (Wildman–Crippen LogP) is 3.98. The first-order valence-corrected chi connectivity index (χ1v) is 17.6. The fraction of sp³-hybridized carbons (Fsp3) is 0.394. The molecule has 1 amide bonds. The SMILES string of the molecule is COC(=O)[C@H](Cc1ccc(O[P@@](=O)(CO[C@H](C)Cn2cnc3c(N)ncnc32)N[C@@H](C)C(=O)OC(C)C)cc1)NC(=O)OCc1ccccc1. The molecule has 0 radical (unpaired) electrons. The zero-order chi connectivity index (χ0) is 36.3. The van der Waals surface area contributed by atoms with Crippen LogP contribution in [0.5, 0.6) is 5.75 Å². The van der Waals surface area contributed by atoms with Gasteiger partial charge in [0.2, 0.25) is 0 Å². The van der Waals surface area contributed by atoms with Gasteiger partial charge in [0.1, 0.15) is 42.6 Å². The van der Waals surface area contributed by atoms with Crippen molar-refractivity contribution in [3.63, 3.8) is 0 Å². The number of benzene rings is 2. The molecule has 4 N–H and O–H groups in total. The number of methoxy groups -OCH3 is 1. The van der Waals surface area contributed by atoms with E-state index in [-0.39, 0.29) is 30.7 Å². The van der Waals surface area contributed by atoms with Gasteiger partial charge in [-0.05, 0) is 51.0 Å². The van der Waals surface area contributed by atoms with Gasteiger partial charge in [-0.1, -0.05) is 42.5 Å². The Bertz CT molecular complexity index is 1790. The molecule has 2 aromatic carbocycles. The summed E-state index contributed by atoms with van der Waals surface area (Å²) in [6.45, 7) is 7.02. The number of rotatable bonds is 17. The molecule has 2 aromatic heterocycles. The maximum absolute atomic E-state index is 14.2. The van der Waals surface area contributed by atoms with E-state index in [2.05, 4.69) is 25.4 Å². The van der Waals surface area contributed by atoms with E-state index < -0.39 is 50.1 Å². The molecule has 0 unspecified atom stereocenters. The lowest BCUT2D eigenvalue weighted by molar-refractivity contribution is -0.149. The van der Waals surface area contributed by atoms with Gasteiger partial charge in [-0.2, -0.15) is 0 Å². The normalized spacial score (nSPS) is 14.3. The molecule has 4 atom stereocenters.